The van der Waals surface area contributed by atoms with Gasteiger partial charge in [0.1, 0.15) is 16.7 Å². The Morgan fingerprint density at radius 3 is 2.88 bits per heavy atom. The Labute approximate surface area is 147 Å². The van der Waals surface area contributed by atoms with Crippen molar-refractivity contribution in [1.29, 1.82) is 0 Å². The molecule has 3 rings (SSSR count). The maximum absolute atomic E-state index is 12.7. The zero-order valence-electron chi connectivity index (χ0n) is 13.3. The number of amides is 1. The average Bonchev–Trinajstić information content (AvgIpc) is 3.22. The van der Waals surface area contributed by atoms with E-state index in [9.17, 15) is 19.7 Å². The number of nitrogens with zero attached hydrogens (tertiary/aromatic N) is 2. The number of benzene rings is 1. The lowest BCUT2D eigenvalue weighted by Crippen LogP contribution is -2.33. The molecule has 1 N–H and O–H groups in total. The van der Waals surface area contributed by atoms with Crippen molar-refractivity contribution in [2.45, 2.75) is 12.5 Å². The molecule has 130 valence electrons. The number of esters is 1. The molecule has 0 saturated carbocycles. The third kappa shape index (κ3) is 3.18. The first kappa shape index (κ1) is 16.9. The number of hydrogen-bond donors (Lipinski definition) is 1. The number of methoxy groups -OCH3 is 1. The fourth-order valence-corrected chi connectivity index (χ4v) is 3.65. The summed E-state index contributed by atoms with van der Waals surface area (Å²) in [5.41, 5.74) is 0.555. The van der Waals surface area contributed by atoms with Crippen LogP contribution in [-0.4, -0.2) is 36.5 Å². The molecule has 1 fully saturated rings. The summed E-state index contributed by atoms with van der Waals surface area (Å²) in [5.74, 6) is -0.732. The molecule has 2 aromatic rings. The maximum atomic E-state index is 12.7. The van der Waals surface area contributed by atoms with E-state index in [1.807, 2.05) is 0 Å². The van der Waals surface area contributed by atoms with E-state index in [1.54, 1.807) is 29.6 Å². The number of para-hydroxylation sites is 2. The summed E-state index contributed by atoms with van der Waals surface area (Å²) in [5, 5.41) is 16.3. The second-order valence-electron chi connectivity index (χ2n) is 5.38. The molecule has 9 heteroatoms. The zero-order chi connectivity index (χ0) is 18.0. The van der Waals surface area contributed by atoms with E-state index in [0.29, 0.717) is 29.2 Å². The van der Waals surface area contributed by atoms with Crippen molar-refractivity contribution in [3.63, 3.8) is 0 Å². The van der Waals surface area contributed by atoms with E-state index < -0.39 is 16.9 Å². The van der Waals surface area contributed by atoms with Crippen molar-refractivity contribution < 1.29 is 19.2 Å². The van der Waals surface area contributed by atoms with Gasteiger partial charge in [-0.25, -0.2) is 4.79 Å². The van der Waals surface area contributed by atoms with Crippen LogP contribution >= 0.6 is 11.3 Å². The van der Waals surface area contributed by atoms with Gasteiger partial charge in [-0.2, -0.15) is 0 Å². The molecule has 1 aliphatic rings. The van der Waals surface area contributed by atoms with Gasteiger partial charge in [0.15, 0.2) is 0 Å². The minimum Gasteiger partial charge on any atom is -0.465 e. The number of nitrogens with one attached hydrogen (secondary N) is 1. The van der Waals surface area contributed by atoms with E-state index in [0.717, 1.165) is 0 Å². The molecule has 25 heavy (non-hydrogen) atoms. The molecule has 1 aliphatic heterocycles. The van der Waals surface area contributed by atoms with Crippen molar-refractivity contribution in [1.82, 2.24) is 0 Å². The maximum Gasteiger partial charge on any atom is 0.340 e. The molecule has 1 aromatic heterocycles. The van der Waals surface area contributed by atoms with Crippen LogP contribution in [0.1, 0.15) is 16.8 Å². The predicted molar refractivity (Wildman–Crippen MR) is 93.1 cm³/mol. The Balaban J connectivity index is 1.81. The smallest absolute Gasteiger partial charge is 0.340 e. The lowest BCUT2D eigenvalue weighted by Gasteiger charge is -2.17. The van der Waals surface area contributed by atoms with E-state index in [-0.39, 0.29) is 11.6 Å². The molecule has 1 aromatic carbocycles. The van der Waals surface area contributed by atoms with E-state index in [4.69, 9.17) is 4.74 Å². The predicted octanol–water partition coefficient (Wildman–Crippen LogP) is 2.66. The van der Waals surface area contributed by atoms with Crippen LogP contribution in [0.5, 0.6) is 0 Å². The molecular weight excluding hydrogens is 346 g/mol. The van der Waals surface area contributed by atoms with Gasteiger partial charge in [0.2, 0.25) is 5.91 Å². The number of thiophene rings is 1. The third-order valence-corrected chi connectivity index (χ3v) is 4.87. The molecule has 1 saturated heterocycles. The SMILES string of the molecule is COC(=O)c1ccsc1N1CCC(Nc2ccccc2[N+](=O)[O-])C1=O. The molecule has 8 nitrogen and oxygen atoms in total. The van der Waals surface area contributed by atoms with Gasteiger partial charge in [0, 0.05) is 12.6 Å². The summed E-state index contributed by atoms with van der Waals surface area (Å²) in [6.45, 7) is 0.418. The zero-order valence-corrected chi connectivity index (χ0v) is 14.1. The fraction of sp³-hybridized carbons (Fsp3) is 0.250. The summed E-state index contributed by atoms with van der Waals surface area (Å²) in [7, 11) is 1.29. The van der Waals surface area contributed by atoms with Crippen molar-refractivity contribution in [3.8, 4) is 0 Å². The van der Waals surface area contributed by atoms with E-state index in [1.165, 1.54) is 29.4 Å². The van der Waals surface area contributed by atoms with Gasteiger partial charge in [-0.3, -0.25) is 14.9 Å². The third-order valence-electron chi connectivity index (χ3n) is 3.93. The quantitative estimate of drug-likeness (QED) is 0.499. The van der Waals surface area contributed by atoms with Crippen molar-refractivity contribution in [2.75, 3.05) is 23.9 Å². The molecule has 0 radical (unpaired) electrons. The molecule has 0 spiro atoms. The Bertz CT molecular complexity index is 835. The second kappa shape index (κ2) is 6.89. The van der Waals surface area contributed by atoms with Gasteiger partial charge in [-0.05, 0) is 23.9 Å². The van der Waals surface area contributed by atoms with Crippen LogP contribution in [-0.2, 0) is 9.53 Å². The Kier molecular flexibility index (Phi) is 4.66. The van der Waals surface area contributed by atoms with Crippen LogP contribution in [0.25, 0.3) is 0 Å². The Morgan fingerprint density at radius 1 is 1.40 bits per heavy atom. The van der Waals surface area contributed by atoms with Crippen LogP contribution in [0.2, 0.25) is 0 Å². The largest absolute Gasteiger partial charge is 0.465 e. The van der Waals surface area contributed by atoms with Crippen LogP contribution in [0.15, 0.2) is 35.7 Å². The average molecular weight is 361 g/mol. The van der Waals surface area contributed by atoms with Crippen LogP contribution in [0, 0.1) is 10.1 Å². The number of nitro benzene ring substituents is 1. The molecule has 2 heterocycles. The van der Waals surface area contributed by atoms with E-state index in [2.05, 4.69) is 5.32 Å². The monoisotopic (exact) mass is 361 g/mol. The minimum absolute atomic E-state index is 0.0832. The lowest BCUT2D eigenvalue weighted by molar-refractivity contribution is -0.384. The highest BCUT2D eigenvalue weighted by Gasteiger charge is 2.36. The van der Waals surface area contributed by atoms with Gasteiger partial charge in [-0.1, -0.05) is 12.1 Å². The summed E-state index contributed by atoms with van der Waals surface area (Å²) in [6.07, 6.45) is 0.476. The highest BCUT2D eigenvalue weighted by molar-refractivity contribution is 7.14. The van der Waals surface area contributed by atoms with Crippen LogP contribution in [0.4, 0.5) is 16.4 Å². The van der Waals surface area contributed by atoms with Gasteiger partial charge in [-0.15, -0.1) is 11.3 Å². The number of rotatable bonds is 5. The summed E-state index contributed by atoms with van der Waals surface area (Å²) >= 11 is 1.28. The Hall–Kier alpha value is -2.94. The van der Waals surface area contributed by atoms with Crippen molar-refractivity contribution >= 4 is 39.6 Å². The first-order chi connectivity index (χ1) is 12.0. The van der Waals surface area contributed by atoms with Gasteiger partial charge in [0.05, 0.1) is 17.6 Å². The molecule has 0 aliphatic carbocycles. The van der Waals surface area contributed by atoms with Gasteiger partial charge < -0.3 is 15.0 Å². The number of hydrogen-bond acceptors (Lipinski definition) is 7. The van der Waals surface area contributed by atoms with Crippen LogP contribution in [0.3, 0.4) is 0 Å². The summed E-state index contributed by atoms with van der Waals surface area (Å²) in [4.78, 5) is 36.6. The first-order valence-corrected chi connectivity index (χ1v) is 8.38. The highest BCUT2D eigenvalue weighted by atomic mass is 32.1. The minimum atomic E-state index is -0.589. The van der Waals surface area contributed by atoms with Gasteiger partial charge >= 0.3 is 5.97 Å². The highest BCUT2D eigenvalue weighted by Crippen LogP contribution is 2.33. The van der Waals surface area contributed by atoms with Crippen LogP contribution < -0.4 is 10.2 Å². The molecule has 0 bridgehead atoms. The normalized spacial score (nSPS) is 16.8. The van der Waals surface area contributed by atoms with Crippen molar-refractivity contribution in [2.24, 2.45) is 0 Å². The van der Waals surface area contributed by atoms with E-state index >= 15 is 0 Å². The molecule has 1 unspecified atom stereocenters. The number of nitro groups is 1. The molecule has 1 amide bonds. The lowest BCUT2D eigenvalue weighted by atomic mass is 10.2. The first-order valence-electron chi connectivity index (χ1n) is 7.50. The number of carbonyl (C=O) groups excluding carboxylic acids is 2. The molecule has 1 atom stereocenters. The van der Waals surface area contributed by atoms with Crippen molar-refractivity contribution in [3.05, 3.63) is 51.4 Å². The summed E-state index contributed by atoms with van der Waals surface area (Å²) < 4.78 is 4.73. The second-order valence-corrected chi connectivity index (χ2v) is 6.28. The summed E-state index contributed by atoms with van der Waals surface area (Å²) in [6, 6.07) is 7.21. The van der Waals surface area contributed by atoms with Gasteiger partial charge in [0.25, 0.3) is 5.69 Å². The fourth-order valence-electron chi connectivity index (χ4n) is 2.73. The number of ether oxygens (including phenoxy) is 1. The standard InChI is InChI=1S/C16H15N3O5S/c1-24-16(21)10-7-9-25-15(10)18-8-6-12(14(18)20)17-11-4-2-3-5-13(11)19(22)23/h2-5,7,9,12,17H,6,8H2,1H3. The number of carbonyl (C=O) groups is 2. The topological polar surface area (TPSA) is 102 Å². The number of anilines is 2. The Morgan fingerprint density at radius 2 is 2.16 bits per heavy atom. The molecular formula is C16H15N3O5S.